The third kappa shape index (κ3) is 4.84. The van der Waals surface area contributed by atoms with E-state index in [0.717, 1.165) is 5.56 Å². The standard InChI is InChI=1S/C13H20FN3O2/c1-3-19-9(2)7-16-8-10-4-5-11(14)6-12(10)13(15)17-18/h4-6,9,16,18H,3,7-8H2,1-2H3,(H2,15,17). The van der Waals surface area contributed by atoms with Gasteiger partial charge in [-0.3, -0.25) is 0 Å². The number of rotatable bonds is 7. The van der Waals surface area contributed by atoms with Gasteiger partial charge in [0, 0.05) is 25.3 Å². The molecule has 0 fully saturated rings. The first-order valence-electron chi connectivity index (χ1n) is 6.17. The Kier molecular flexibility index (Phi) is 6.24. The summed E-state index contributed by atoms with van der Waals surface area (Å²) in [4.78, 5) is 0. The Balaban J connectivity index is 2.68. The van der Waals surface area contributed by atoms with Gasteiger partial charge >= 0.3 is 0 Å². The number of ether oxygens (including phenoxy) is 1. The van der Waals surface area contributed by atoms with E-state index in [1.165, 1.54) is 12.1 Å². The van der Waals surface area contributed by atoms with Crippen LogP contribution in [0.25, 0.3) is 0 Å². The molecule has 1 aromatic carbocycles. The molecule has 0 bridgehead atoms. The van der Waals surface area contributed by atoms with Gasteiger partial charge in [-0.15, -0.1) is 0 Å². The summed E-state index contributed by atoms with van der Waals surface area (Å²) in [5, 5.41) is 14.8. The zero-order valence-electron chi connectivity index (χ0n) is 11.2. The first kappa shape index (κ1) is 15.4. The van der Waals surface area contributed by atoms with Crippen molar-refractivity contribution in [3.63, 3.8) is 0 Å². The third-order valence-electron chi connectivity index (χ3n) is 2.65. The summed E-state index contributed by atoms with van der Waals surface area (Å²) < 4.78 is 18.5. The van der Waals surface area contributed by atoms with Crippen LogP contribution in [0.15, 0.2) is 23.4 Å². The molecular weight excluding hydrogens is 249 g/mol. The van der Waals surface area contributed by atoms with Gasteiger partial charge < -0.3 is 21.0 Å². The molecule has 0 aliphatic rings. The van der Waals surface area contributed by atoms with Crippen molar-refractivity contribution in [2.24, 2.45) is 10.9 Å². The minimum Gasteiger partial charge on any atom is -0.409 e. The van der Waals surface area contributed by atoms with Crippen LogP contribution in [0.1, 0.15) is 25.0 Å². The van der Waals surface area contributed by atoms with Gasteiger partial charge in [-0.1, -0.05) is 11.2 Å². The van der Waals surface area contributed by atoms with Crippen LogP contribution in [0.3, 0.4) is 0 Å². The quantitative estimate of drug-likeness (QED) is 0.303. The highest BCUT2D eigenvalue weighted by Crippen LogP contribution is 2.11. The van der Waals surface area contributed by atoms with Crippen molar-refractivity contribution in [1.82, 2.24) is 5.32 Å². The minimum atomic E-state index is -0.423. The van der Waals surface area contributed by atoms with E-state index in [-0.39, 0.29) is 11.9 Å². The second-order valence-corrected chi connectivity index (χ2v) is 4.18. The summed E-state index contributed by atoms with van der Waals surface area (Å²) in [5.74, 6) is -0.526. The van der Waals surface area contributed by atoms with Gasteiger partial charge in [0.2, 0.25) is 0 Å². The van der Waals surface area contributed by atoms with Gasteiger partial charge in [-0.2, -0.15) is 0 Å². The average molecular weight is 269 g/mol. The number of amidine groups is 1. The highest BCUT2D eigenvalue weighted by atomic mass is 19.1. The highest BCUT2D eigenvalue weighted by Gasteiger charge is 2.09. The van der Waals surface area contributed by atoms with Crippen molar-refractivity contribution in [2.45, 2.75) is 26.5 Å². The second kappa shape index (κ2) is 7.70. The van der Waals surface area contributed by atoms with Crippen molar-refractivity contribution in [3.8, 4) is 0 Å². The maximum absolute atomic E-state index is 13.2. The Labute approximate surface area is 112 Å². The van der Waals surface area contributed by atoms with E-state index >= 15 is 0 Å². The van der Waals surface area contributed by atoms with Crippen LogP contribution in [0.5, 0.6) is 0 Å². The lowest BCUT2D eigenvalue weighted by molar-refractivity contribution is 0.0759. The molecule has 1 unspecified atom stereocenters. The van der Waals surface area contributed by atoms with Crippen LogP contribution in [0.2, 0.25) is 0 Å². The zero-order valence-corrected chi connectivity index (χ0v) is 11.2. The molecule has 0 saturated carbocycles. The summed E-state index contributed by atoms with van der Waals surface area (Å²) in [6.45, 7) is 5.72. The second-order valence-electron chi connectivity index (χ2n) is 4.18. The number of nitrogens with zero attached hydrogens (tertiary/aromatic N) is 1. The summed E-state index contributed by atoms with van der Waals surface area (Å²) >= 11 is 0. The Hall–Kier alpha value is -1.66. The summed E-state index contributed by atoms with van der Waals surface area (Å²) in [6.07, 6.45) is 0.0951. The Morgan fingerprint density at radius 3 is 2.95 bits per heavy atom. The number of nitrogens with two attached hydrogens (primary N) is 1. The monoisotopic (exact) mass is 269 g/mol. The summed E-state index contributed by atoms with van der Waals surface area (Å²) in [5.41, 5.74) is 6.68. The molecule has 1 rings (SSSR count). The molecular formula is C13H20FN3O2. The highest BCUT2D eigenvalue weighted by molar-refractivity contribution is 5.98. The van der Waals surface area contributed by atoms with Crippen molar-refractivity contribution in [1.29, 1.82) is 0 Å². The molecule has 0 spiro atoms. The SMILES string of the molecule is CCOC(C)CNCc1ccc(F)cc1/C(N)=N/O. The predicted molar refractivity (Wildman–Crippen MR) is 71.7 cm³/mol. The smallest absolute Gasteiger partial charge is 0.170 e. The molecule has 106 valence electrons. The molecule has 0 aliphatic carbocycles. The van der Waals surface area contributed by atoms with Crippen LogP contribution >= 0.6 is 0 Å². The van der Waals surface area contributed by atoms with Crippen molar-refractivity contribution < 1.29 is 14.3 Å². The number of benzene rings is 1. The number of nitrogens with one attached hydrogen (secondary N) is 1. The molecule has 6 heteroatoms. The van der Waals surface area contributed by atoms with Crippen LogP contribution in [0, 0.1) is 5.82 Å². The van der Waals surface area contributed by atoms with E-state index in [1.807, 2.05) is 13.8 Å². The van der Waals surface area contributed by atoms with Gasteiger partial charge in [0.15, 0.2) is 5.84 Å². The molecule has 19 heavy (non-hydrogen) atoms. The maximum atomic E-state index is 13.2. The first-order valence-corrected chi connectivity index (χ1v) is 6.17. The first-order chi connectivity index (χ1) is 9.08. The molecule has 0 aliphatic heterocycles. The topological polar surface area (TPSA) is 79.9 Å². The molecule has 4 N–H and O–H groups in total. The van der Waals surface area contributed by atoms with Crippen LogP contribution < -0.4 is 11.1 Å². The fourth-order valence-electron chi connectivity index (χ4n) is 1.75. The molecule has 0 amide bonds. The van der Waals surface area contributed by atoms with E-state index in [4.69, 9.17) is 15.7 Å². The van der Waals surface area contributed by atoms with Gasteiger partial charge in [-0.25, -0.2) is 4.39 Å². The van der Waals surface area contributed by atoms with Gasteiger partial charge in [-0.05, 0) is 31.5 Å². The summed E-state index contributed by atoms with van der Waals surface area (Å²) in [7, 11) is 0. The normalized spacial score (nSPS) is 13.5. The van der Waals surface area contributed by atoms with Crippen molar-refractivity contribution >= 4 is 5.84 Å². The Morgan fingerprint density at radius 2 is 2.32 bits per heavy atom. The lowest BCUT2D eigenvalue weighted by Gasteiger charge is -2.14. The van der Waals surface area contributed by atoms with Crippen LogP contribution in [-0.4, -0.2) is 30.3 Å². The lowest BCUT2D eigenvalue weighted by atomic mass is 10.1. The van der Waals surface area contributed by atoms with Gasteiger partial charge in [0.1, 0.15) is 5.82 Å². The maximum Gasteiger partial charge on any atom is 0.170 e. The summed E-state index contributed by atoms with van der Waals surface area (Å²) in [6, 6.07) is 4.20. The van der Waals surface area contributed by atoms with Gasteiger partial charge in [0.25, 0.3) is 0 Å². The third-order valence-corrected chi connectivity index (χ3v) is 2.65. The van der Waals surface area contributed by atoms with Crippen molar-refractivity contribution in [3.05, 3.63) is 35.1 Å². The molecule has 5 nitrogen and oxygen atoms in total. The molecule has 1 atom stereocenters. The Morgan fingerprint density at radius 1 is 1.58 bits per heavy atom. The van der Waals surface area contributed by atoms with E-state index in [9.17, 15) is 4.39 Å². The predicted octanol–water partition coefficient (Wildman–Crippen LogP) is 1.43. The zero-order chi connectivity index (χ0) is 14.3. The minimum absolute atomic E-state index is 0.0951. The fourth-order valence-corrected chi connectivity index (χ4v) is 1.75. The van der Waals surface area contributed by atoms with Crippen molar-refractivity contribution in [2.75, 3.05) is 13.2 Å². The molecule has 0 saturated heterocycles. The van der Waals surface area contributed by atoms with E-state index in [2.05, 4.69) is 10.5 Å². The molecule has 0 radical (unpaired) electrons. The largest absolute Gasteiger partial charge is 0.409 e. The molecule has 0 aromatic heterocycles. The van der Waals surface area contributed by atoms with Crippen LogP contribution in [0.4, 0.5) is 4.39 Å². The van der Waals surface area contributed by atoms with Crippen LogP contribution in [-0.2, 0) is 11.3 Å². The molecule has 1 aromatic rings. The van der Waals surface area contributed by atoms with E-state index in [0.29, 0.717) is 25.3 Å². The van der Waals surface area contributed by atoms with Gasteiger partial charge in [0.05, 0.1) is 6.10 Å². The number of hydrogen-bond acceptors (Lipinski definition) is 4. The number of hydrogen-bond donors (Lipinski definition) is 3. The number of halogens is 1. The Bertz CT molecular complexity index is 438. The van der Waals surface area contributed by atoms with E-state index < -0.39 is 5.82 Å². The number of oxime groups is 1. The lowest BCUT2D eigenvalue weighted by Crippen LogP contribution is -2.27. The average Bonchev–Trinajstić information content (AvgIpc) is 2.39. The fraction of sp³-hybridized carbons (Fsp3) is 0.462. The van der Waals surface area contributed by atoms with E-state index in [1.54, 1.807) is 6.07 Å². The molecule has 0 heterocycles.